The van der Waals surface area contributed by atoms with Crippen LogP contribution in [0.3, 0.4) is 0 Å². The second kappa shape index (κ2) is 10.6. The van der Waals surface area contributed by atoms with E-state index in [0.29, 0.717) is 18.7 Å². The fourth-order valence-electron chi connectivity index (χ4n) is 3.00. The summed E-state index contributed by atoms with van der Waals surface area (Å²) < 4.78 is 14.0. The van der Waals surface area contributed by atoms with Gasteiger partial charge >= 0.3 is 0 Å². The highest BCUT2D eigenvalue weighted by Gasteiger charge is 2.26. The molecule has 1 unspecified atom stereocenters. The number of unbranched alkanes of at least 4 members (excludes halogenated alkanes) is 1. The molecule has 2 amide bonds. The van der Waals surface area contributed by atoms with Gasteiger partial charge < -0.3 is 10.2 Å². The summed E-state index contributed by atoms with van der Waals surface area (Å²) in [6.45, 7) is 6.64. The average molecular weight is 384 g/mol. The molecule has 0 bridgehead atoms. The van der Waals surface area contributed by atoms with Crippen LogP contribution in [-0.2, 0) is 22.6 Å². The van der Waals surface area contributed by atoms with Gasteiger partial charge in [0.1, 0.15) is 11.9 Å². The zero-order valence-electron chi connectivity index (χ0n) is 16.9. The van der Waals surface area contributed by atoms with Gasteiger partial charge in [-0.25, -0.2) is 4.39 Å². The fraction of sp³-hybridized carbons (Fsp3) is 0.391. The second-order valence-corrected chi connectivity index (χ2v) is 7.04. The van der Waals surface area contributed by atoms with E-state index in [0.717, 1.165) is 24.0 Å². The first kappa shape index (κ1) is 21.6. The van der Waals surface area contributed by atoms with E-state index in [1.54, 1.807) is 25.1 Å². The maximum atomic E-state index is 14.0. The number of amides is 2. The molecule has 0 saturated heterocycles. The third kappa shape index (κ3) is 5.91. The van der Waals surface area contributed by atoms with E-state index in [1.165, 1.54) is 11.0 Å². The highest BCUT2D eigenvalue weighted by atomic mass is 19.1. The van der Waals surface area contributed by atoms with E-state index < -0.39 is 11.9 Å². The molecule has 0 radical (unpaired) electrons. The summed E-state index contributed by atoms with van der Waals surface area (Å²) in [5.41, 5.74) is 2.35. The minimum Gasteiger partial charge on any atom is -0.354 e. The quantitative estimate of drug-likeness (QED) is 0.664. The molecule has 0 aliphatic rings. The summed E-state index contributed by atoms with van der Waals surface area (Å²) in [5.74, 6) is -0.873. The lowest BCUT2D eigenvalue weighted by molar-refractivity contribution is -0.140. The van der Waals surface area contributed by atoms with Crippen LogP contribution in [0.5, 0.6) is 0 Å². The monoisotopic (exact) mass is 384 g/mol. The summed E-state index contributed by atoms with van der Waals surface area (Å²) in [6.07, 6.45) is 1.79. The number of benzene rings is 2. The SMILES string of the molecule is CCCCNC(=O)C(C)N(Cc1ccccc1C)C(=O)Cc1ccccc1F. The molecular formula is C23H29FN2O2. The molecule has 0 heterocycles. The number of carbonyl (C=O) groups is 2. The van der Waals surface area contributed by atoms with Crippen LogP contribution in [0.25, 0.3) is 0 Å². The van der Waals surface area contributed by atoms with Crippen molar-refractivity contribution >= 4 is 11.8 Å². The van der Waals surface area contributed by atoms with Crippen molar-refractivity contribution < 1.29 is 14.0 Å². The van der Waals surface area contributed by atoms with Crippen molar-refractivity contribution in [3.8, 4) is 0 Å². The molecular weight excluding hydrogens is 355 g/mol. The summed E-state index contributed by atoms with van der Waals surface area (Å²) in [4.78, 5) is 27.2. The Morgan fingerprint density at radius 3 is 2.36 bits per heavy atom. The Bertz CT molecular complexity index is 807. The lowest BCUT2D eigenvalue weighted by Gasteiger charge is -2.29. The third-order valence-corrected chi connectivity index (χ3v) is 4.90. The standard InChI is InChI=1S/C23H29FN2O2/c1-4-5-14-25-23(28)18(3)26(16-20-12-7-6-10-17(20)2)22(27)15-19-11-8-9-13-21(19)24/h6-13,18H,4-5,14-16H2,1-3H3,(H,25,28). The largest absolute Gasteiger partial charge is 0.354 e. The average Bonchev–Trinajstić information content (AvgIpc) is 2.68. The Labute approximate surface area is 166 Å². The van der Waals surface area contributed by atoms with Gasteiger partial charge in [-0.05, 0) is 43.0 Å². The first-order valence-electron chi connectivity index (χ1n) is 9.79. The van der Waals surface area contributed by atoms with E-state index in [1.807, 2.05) is 31.2 Å². The number of nitrogens with one attached hydrogen (secondary N) is 1. The fourth-order valence-corrected chi connectivity index (χ4v) is 3.00. The normalized spacial score (nSPS) is 11.7. The van der Waals surface area contributed by atoms with Gasteiger partial charge in [0.25, 0.3) is 0 Å². The Morgan fingerprint density at radius 2 is 1.71 bits per heavy atom. The molecule has 2 rings (SSSR count). The van der Waals surface area contributed by atoms with Crippen molar-refractivity contribution in [2.45, 2.75) is 52.6 Å². The van der Waals surface area contributed by atoms with E-state index in [2.05, 4.69) is 12.2 Å². The number of rotatable bonds is 9. The van der Waals surface area contributed by atoms with E-state index >= 15 is 0 Å². The molecule has 0 aromatic heterocycles. The lowest BCUT2D eigenvalue weighted by atomic mass is 10.1. The first-order valence-corrected chi connectivity index (χ1v) is 9.79. The van der Waals surface area contributed by atoms with Crippen molar-refractivity contribution in [2.75, 3.05) is 6.54 Å². The smallest absolute Gasteiger partial charge is 0.242 e. The van der Waals surface area contributed by atoms with Crippen LogP contribution in [0.1, 0.15) is 43.4 Å². The van der Waals surface area contributed by atoms with E-state index in [-0.39, 0.29) is 18.2 Å². The van der Waals surface area contributed by atoms with E-state index in [4.69, 9.17) is 0 Å². The van der Waals surface area contributed by atoms with Crippen LogP contribution < -0.4 is 5.32 Å². The molecule has 4 nitrogen and oxygen atoms in total. The van der Waals surface area contributed by atoms with Gasteiger partial charge in [-0.15, -0.1) is 0 Å². The van der Waals surface area contributed by atoms with E-state index in [9.17, 15) is 14.0 Å². The van der Waals surface area contributed by atoms with Gasteiger partial charge in [0.15, 0.2) is 0 Å². The Hall–Kier alpha value is -2.69. The molecule has 0 saturated carbocycles. The van der Waals surface area contributed by atoms with Crippen LogP contribution in [0.15, 0.2) is 48.5 Å². The molecule has 1 atom stereocenters. The highest BCUT2D eigenvalue weighted by molar-refractivity contribution is 5.88. The van der Waals surface area contributed by atoms with Gasteiger partial charge in [-0.1, -0.05) is 55.8 Å². The zero-order valence-corrected chi connectivity index (χ0v) is 16.9. The number of carbonyl (C=O) groups excluding carboxylic acids is 2. The molecule has 150 valence electrons. The second-order valence-electron chi connectivity index (χ2n) is 7.04. The van der Waals surface area contributed by atoms with Crippen molar-refractivity contribution in [3.05, 3.63) is 71.0 Å². The summed E-state index contributed by atoms with van der Waals surface area (Å²) in [5, 5.41) is 2.89. The van der Waals surface area contributed by atoms with Gasteiger partial charge in [0.2, 0.25) is 11.8 Å². The van der Waals surface area contributed by atoms with Gasteiger partial charge in [0, 0.05) is 13.1 Å². The summed E-state index contributed by atoms with van der Waals surface area (Å²) in [6, 6.07) is 13.4. The zero-order chi connectivity index (χ0) is 20.5. The number of hydrogen-bond donors (Lipinski definition) is 1. The molecule has 0 aliphatic carbocycles. The maximum absolute atomic E-state index is 14.0. The molecule has 2 aromatic carbocycles. The maximum Gasteiger partial charge on any atom is 0.242 e. The van der Waals surface area contributed by atoms with Crippen molar-refractivity contribution in [3.63, 3.8) is 0 Å². The molecule has 1 N–H and O–H groups in total. The predicted octanol–water partition coefficient (Wildman–Crippen LogP) is 4.01. The van der Waals surface area contributed by atoms with Crippen LogP contribution in [0.4, 0.5) is 4.39 Å². The minimum absolute atomic E-state index is 0.0782. The number of aryl methyl sites for hydroxylation is 1. The molecule has 5 heteroatoms. The Morgan fingerprint density at radius 1 is 1.07 bits per heavy atom. The third-order valence-electron chi connectivity index (χ3n) is 4.90. The molecule has 2 aromatic rings. The van der Waals surface area contributed by atoms with Crippen molar-refractivity contribution in [1.29, 1.82) is 0 Å². The van der Waals surface area contributed by atoms with Crippen molar-refractivity contribution in [2.24, 2.45) is 0 Å². The number of nitrogens with zero attached hydrogens (tertiary/aromatic N) is 1. The Kier molecular flexibility index (Phi) is 8.18. The van der Waals surface area contributed by atoms with Crippen LogP contribution >= 0.6 is 0 Å². The number of hydrogen-bond acceptors (Lipinski definition) is 2. The van der Waals surface area contributed by atoms with Gasteiger partial charge in [0.05, 0.1) is 6.42 Å². The minimum atomic E-state index is -0.643. The molecule has 0 aliphatic heterocycles. The first-order chi connectivity index (χ1) is 13.4. The van der Waals surface area contributed by atoms with Crippen LogP contribution in [-0.4, -0.2) is 29.3 Å². The Balaban J connectivity index is 2.22. The number of halogens is 1. The predicted molar refractivity (Wildman–Crippen MR) is 109 cm³/mol. The van der Waals surface area contributed by atoms with Gasteiger partial charge in [-0.3, -0.25) is 9.59 Å². The van der Waals surface area contributed by atoms with Crippen LogP contribution in [0, 0.1) is 12.7 Å². The highest BCUT2D eigenvalue weighted by Crippen LogP contribution is 2.16. The van der Waals surface area contributed by atoms with Crippen molar-refractivity contribution in [1.82, 2.24) is 10.2 Å². The van der Waals surface area contributed by atoms with Crippen LogP contribution in [0.2, 0.25) is 0 Å². The lowest BCUT2D eigenvalue weighted by Crippen LogP contribution is -2.48. The molecule has 0 spiro atoms. The molecule has 0 fully saturated rings. The van der Waals surface area contributed by atoms with Gasteiger partial charge in [-0.2, -0.15) is 0 Å². The summed E-state index contributed by atoms with van der Waals surface area (Å²) in [7, 11) is 0. The summed E-state index contributed by atoms with van der Waals surface area (Å²) >= 11 is 0. The molecule has 28 heavy (non-hydrogen) atoms. The topological polar surface area (TPSA) is 49.4 Å².